The first kappa shape index (κ1) is 14.3. The van der Waals surface area contributed by atoms with Crippen LogP contribution in [-0.2, 0) is 9.84 Å². The monoisotopic (exact) mass is 277 g/mol. The maximum Gasteiger partial charge on any atom is 0.148 e. The van der Waals surface area contributed by atoms with Gasteiger partial charge in [0.05, 0.1) is 5.75 Å². The van der Waals surface area contributed by atoms with Crippen molar-refractivity contribution in [2.75, 3.05) is 31.7 Å². The highest BCUT2D eigenvalue weighted by Crippen LogP contribution is 2.14. The SMILES string of the molecule is CS(=O)(=O)CCNCCOc1ccc(Cl)cc1. The van der Waals surface area contributed by atoms with Gasteiger partial charge in [-0.15, -0.1) is 0 Å². The van der Waals surface area contributed by atoms with Gasteiger partial charge in [-0.2, -0.15) is 0 Å². The van der Waals surface area contributed by atoms with Crippen LogP contribution in [0.15, 0.2) is 24.3 Å². The Kier molecular flexibility index (Phi) is 5.74. The molecule has 6 heteroatoms. The van der Waals surface area contributed by atoms with E-state index in [0.29, 0.717) is 24.7 Å². The fourth-order valence-electron chi connectivity index (χ4n) is 1.15. The molecule has 0 radical (unpaired) electrons. The zero-order valence-electron chi connectivity index (χ0n) is 9.65. The van der Waals surface area contributed by atoms with Crippen LogP contribution in [0, 0.1) is 0 Å². The summed E-state index contributed by atoms with van der Waals surface area (Å²) in [4.78, 5) is 0. The number of ether oxygens (including phenoxy) is 1. The highest BCUT2D eigenvalue weighted by Gasteiger charge is 2.00. The highest BCUT2D eigenvalue weighted by molar-refractivity contribution is 7.90. The molecule has 0 atom stereocenters. The Morgan fingerprint density at radius 3 is 2.47 bits per heavy atom. The Balaban J connectivity index is 2.10. The number of rotatable bonds is 7. The molecule has 4 nitrogen and oxygen atoms in total. The number of sulfone groups is 1. The molecule has 0 spiro atoms. The van der Waals surface area contributed by atoms with E-state index in [1.54, 1.807) is 24.3 Å². The van der Waals surface area contributed by atoms with Crippen molar-refractivity contribution in [3.8, 4) is 5.75 Å². The minimum absolute atomic E-state index is 0.147. The second kappa shape index (κ2) is 6.83. The minimum atomic E-state index is -2.89. The van der Waals surface area contributed by atoms with Crippen molar-refractivity contribution in [1.82, 2.24) is 5.32 Å². The molecule has 0 aromatic heterocycles. The van der Waals surface area contributed by atoms with E-state index in [4.69, 9.17) is 16.3 Å². The first-order chi connectivity index (χ1) is 7.97. The third kappa shape index (κ3) is 7.20. The average molecular weight is 278 g/mol. The number of nitrogens with one attached hydrogen (secondary N) is 1. The molecular formula is C11H16ClNO3S. The van der Waals surface area contributed by atoms with Crippen LogP contribution in [0.25, 0.3) is 0 Å². The first-order valence-corrected chi connectivity index (χ1v) is 7.68. The maximum absolute atomic E-state index is 10.8. The molecule has 0 aliphatic carbocycles. The third-order valence-electron chi connectivity index (χ3n) is 2.01. The number of hydrogen-bond acceptors (Lipinski definition) is 4. The summed E-state index contributed by atoms with van der Waals surface area (Å²) < 4.78 is 27.1. The number of benzene rings is 1. The molecular weight excluding hydrogens is 262 g/mol. The van der Waals surface area contributed by atoms with E-state index in [2.05, 4.69) is 5.32 Å². The van der Waals surface area contributed by atoms with E-state index >= 15 is 0 Å². The minimum Gasteiger partial charge on any atom is -0.492 e. The van der Waals surface area contributed by atoms with Crippen LogP contribution in [-0.4, -0.2) is 40.1 Å². The fourth-order valence-corrected chi connectivity index (χ4v) is 1.80. The summed E-state index contributed by atoms with van der Waals surface area (Å²) in [6.45, 7) is 1.55. The van der Waals surface area contributed by atoms with Gasteiger partial charge < -0.3 is 10.1 Å². The summed E-state index contributed by atoms with van der Waals surface area (Å²) in [5, 5.41) is 3.66. The molecule has 0 amide bonds. The van der Waals surface area contributed by atoms with Gasteiger partial charge in [0, 0.05) is 24.4 Å². The van der Waals surface area contributed by atoms with Crippen LogP contribution in [0.1, 0.15) is 0 Å². The Morgan fingerprint density at radius 2 is 1.88 bits per heavy atom. The van der Waals surface area contributed by atoms with Gasteiger partial charge in [-0.05, 0) is 24.3 Å². The molecule has 0 fully saturated rings. The van der Waals surface area contributed by atoms with Crippen LogP contribution >= 0.6 is 11.6 Å². The topological polar surface area (TPSA) is 55.4 Å². The van der Waals surface area contributed by atoms with E-state index in [1.807, 2.05) is 0 Å². The molecule has 0 aliphatic rings. The molecule has 1 aromatic rings. The smallest absolute Gasteiger partial charge is 0.148 e. The predicted octanol–water partition coefficient (Wildman–Crippen LogP) is 1.35. The summed E-state index contributed by atoms with van der Waals surface area (Å²) in [5.41, 5.74) is 0. The molecule has 0 aliphatic heterocycles. The van der Waals surface area contributed by atoms with Crippen molar-refractivity contribution in [2.24, 2.45) is 0 Å². The van der Waals surface area contributed by atoms with Crippen molar-refractivity contribution >= 4 is 21.4 Å². The lowest BCUT2D eigenvalue weighted by Gasteiger charge is -2.07. The van der Waals surface area contributed by atoms with E-state index in [1.165, 1.54) is 6.26 Å². The van der Waals surface area contributed by atoms with Crippen molar-refractivity contribution in [3.05, 3.63) is 29.3 Å². The quantitative estimate of drug-likeness (QED) is 0.765. The normalized spacial score (nSPS) is 11.4. The molecule has 1 aromatic carbocycles. The molecule has 1 N–H and O–H groups in total. The Hall–Kier alpha value is -0.780. The van der Waals surface area contributed by atoms with E-state index in [9.17, 15) is 8.42 Å². The Labute approximate surface area is 107 Å². The molecule has 0 bridgehead atoms. The van der Waals surface area contributed by atoms with E-state index in [-0.39, 0.29) is 5.75 Å². The van der Waals surface area contributed by atoms with Crippen LogP contribution in [0.2, 0.25) is 5.02 Å². The third-order valence-corrected chi connectivity index (χ3v) is 3.21. The van der Waals surface area contributed by atoms with Crippen molar-refractivity contribution in [2.45, 2.75) is 0 Å². The van der Waals surface area contributed by atoms with Crippen LogP contribution in [0.4, 0.5) is 0 Å². The molecule has 0 heterocycles. The molecule has 0 saturated heterocycles. The van der Waals surface area contributed by atoms with Gasteiger partial charge in [0.1, 0.15) is 22.2 Å². The molecule has 0 saturated carbocycles. The average Bonchev–Trinajstić information content (AvgIpc) is 2.24. The zero-order chi connectivity index (χ0) is 12.7. The number of hydrogen-bond donors (Lipinski definition) is 1. The summed E-state index contributed by atoms with van der Waals surface area (Å²) in [6.07, 6.45) is 1.22. The second-order valence-corrected chi connectivity index (χ2v) is 6.38. The summed E-state index contributed by atoms with van der Waals surface area (Å²) in [7, 11) is -2.89. The Morgan fingerprint density at radius 1 is 1.24 bits per heavy atom. The van der Waals surface area contributed by atoms with Gasteiger partial charge in [-0.3, -0.25) is 0 Å². The fraction of sp³-hybridized carbons (Fsp3) is 0.455. The molecule has 96 valence electrons. The predicted molar refractivity (Wildman–Crippen MR) is 69.5 cm³/mol. The van der Waals surface area contributed by atoms with E-state index in [0.717, 1.165) is 5.75 Å². The van der Waals surface area contributed by atoms with Crippen LogP contribution in [0.5, 0.6) is 5.75 Å². The van der Waals surface area contributed by atoms with Gasteiger partial charge in [-0.25, -0.2) is 8.42 Å². The van der Waals surface area contributed by atoms with E-state index < -0.39 is 9.84 Å². The summed E-state index contributed by atoms with van der Waals surface area (Å²) in [6, 6.07) is 7.10. The molecule has 17 heavy (non-hydrogen) atoms. The molecule has 0 unspecified atom stereocenters. The number of halogens is 1. The van der Waals surface area contributed by atoms with Crippen molar-refractivity contribution < 1.29 is 13.2 Å². The maximum atomic E-state index is 10.8. The molecule has 1 rings (SSSR count). The van der Waals surface area contributed by atoms with Gasteiger partial charge in [0.2, 0.25) is 0 Å². The lowest BCUT2D eigenvalue weighted by molar-refractivity contribution is 0.315. The van der Waals surface area contributed by atoms with Gasteiger partial charge in [0.15, 0.2) is 0 Å². The van der Waals surface area contributed by atoms with Crippen molar-refractivity contribution in [3.63, 3.8) is 0 Å². The van der Waals surface area contributed by atoms with Gasteiger partial charge in [-0.1, -0.05) is 11.6 Å². The Bertz CT molecular complexity index is 431. The highest BCUT2D eigenvalue weighted by atomic mass is 35.5. The largest absolute Gasteiger partial charge is 0.492 e. The van der Waals surface area contributed by atoms with Crippen LogP contribution in [0.3, 0.4) is 0 Å². The first-order valence-electron chi connectivity index (χ1n) is 5.24. The van der Waals surface area contributed by atoms with Gasteiger partial charge >= 0.3 is 0 Å². The van der Waals surface area contributed by atoms with Gasteiger partial charge in [0.25, 0.3) is 0 Å². The summed E-state index contributed by atoms with van der Waals surface area (Å²) in [5.74, 6) is 0.896. The van der Waals surface area contributed by atoms with Crippen molar-refractivity contribution in [1.29, 1.82) is 0 Å². The lowest BCUT2D eigenvalue weighted by atomic mass is 10.3. The van der Waals surface area contributed by atoms with Crippen LogP contribution < -0.4 is 10.1 Å². The standard InChI is InChI=1S/C11H16ClNO3S/c1-17(14,15)9-7-13-6-8-16-11-4-2-10(12)3-5-11/h2-5,13H,6-9H2,1H3. The lowest BCUT2D eigenvalue weighted by Crippen LogP contribution is -2.26. The second-order valence-electron chi connectivity index (χ2n) is 3.68. The zero-order valence-corrected chi connectivity index (χ0v) is 11.2. The summed E-state index contributed by atoms with van der Waals surface area (Å²) >= 11 is 5.73.